The van der Waals surface area contributed by atoms with Crippen LogP contribution in [0.5, 0.6) is 0 Å². The molecule has 0 fully saturated rings. The summed E-state index contributed by atoms with van der Waals surface area (Å²) in [6, 6.07) is 5.87. The number of pyridine rings is 1. The molecule has 0 aliphatic carbocycles. The molecule has 0 aliphatic heterocycles. The van der Waals surface area contributed by atoms with Gasteiger partial charge in [0.25, 0.3) is 0 Å². The predicted octanol–water partition coefficient (Wildman–Crippen LogP) is 4.74. The smallest absolute Gasteiger partial charge is 0.131 e. The van der Waals surface area contributed by atoms with Crippen molar-refractivity contribution in [2.75, 3.05) is 5.32 Å². The van der Waals surface area contributed by atoms with Gasteiger partial charge in [-0.3, -0.25) is 0 Å². The maximum Gasteiger partial charge on any atom is 0.131 e. The SMILES string of the molecule is CCC(N)Cc1sc2c(NCc3ccco3)cc(Cl)nc2c1C. The summed E-state index contributed by atoms with van der Waals surface area (Å²) in [4.78, 5) is 5.79. The van der Waals surface area contributed by atoms with Crippen molar-refractivity contribution in [2.24, 2.45) is 5.73 Å². The number of hydrogen-bond donors (Lipinski definition) is 2. The molecule has 0 saturated carbocycles. The van der Waals surface area contributed by atoms with E-state index in [1.165, 1.54) is 10.4 Å². The largest absolute Gasteiger partial charge is 0.467 e. The number of fused-ring (bicyclic) bond motifs is 1. The molecule has 4 nitrogen and oxygen atoms in total. The fourth-order valence-electron chi connectivity index (χ4n) is 2.50. The Labute approximate surface area is 144 Å². The van der Waals surface area contributed by atoms with E-state index in [1.807, 2.05) is 18.2 Å². The van der Waals surface area contributed by atoms with Crippen LogP contribution in [0, 0.1) is 6.92 Å². The summed E-state index contributed by atoms with van der Waals surface area (Å²) in [5.74, 6) is 0.882. The third-order valence-electron chi connectivity index (χ3n) is 3.95. The molecule has 3 aromatic heterocycles. The Morgan fingerprint density at radius 2 is 2.30 bits per heavy atom. The van der Waals surface area contributed by atoms with Crippen LogP contribution in [-0.2, 0) is 13.0 Å². The number of anilines is 1. The minimum Gasteiger partial charge on any atom is -0.467 e. The van der Waals surface area contributed by atoms with Gasteiger partial charge in [-0.15, -0.1) is 11.3 Å². The standard InChI is InChI=1S/C17H20ClN3OS/c1-3-11(19)7-14-10(2)16-17(23-14)13(8-15(18)21-16)20-9-12-5-4-6-22-12/h4-6,8,11H,3,7,9,19H2,1-2H3,(H,20,21). The highest BCUT2D eigenvalue weighted by molar-refractivity contribution is 7.19. The van der Waals surface area contributed by atoms with E-state index < -0.39 is 0 Å². The van der Waals surface area contributed by atoms with Gasteiger partial charge in [-0.05, 0) is 37.5 Å². The normalized spacial score (nSPS) is 12.7. The van der Waals surface area contributed by atoms with Crippen molar-refractivity contribution >= 4 is 38.8 Å². The molecule has 0 radical (unpaired) electrons. The molecule has 3 rings (SSSR count). The van der Waals surface area contributed by atoms with Gasteiger partial charge in [0.15, 0.2) is 0 Å². The van der Waals surface area contributed by atoms with E-state index in [4.69, 9.17) is 21.8 Å². The second-order valence-corrected chi connectivity index (χ2v) is 7.12. The summed E-state index contributed by atoms with van der Waals surface area (Å²) in [5, 5.41) is 3.89. The minimum absolute atomic E-state index is 0.178. The average Bonchev–Trinajstić information content (AvgIpc) is 3.15. The predicted molar refractivity (Wildman–Crippen MR) is 97.4 cm³/mol. The Morgan fingerprint density at radius 3 is 3.00 bits per heavy atom. The van der Waals surface area contributed by atoms with Gasteiger partial charge < -0.3 is 15.5 Å². The fourth-order valence-corrected chi connectivity index (χ4v) is 4.02. The Balaban J connectivity index is 1.95. The first-order valence-electron chi connectivity index (χ1n) is 7.68. The first-order valence-corrected chi connectivity index (χ1v) is 8.88. The van der Waals surface area contributed by atoms with Gasteiger partial charge in [-0.1, -0.05) is 18.5 Å². The van der Waals surface area contributed by atoms with Crippen LogP contribution in [0.3, 0.4) is 0 Å². The number of aryl methyl sites for hydroxylation is 1. The van der Waals surface area contributed by atoms with E-state index in [9.17, 15) is 0 Å². The highest BCUT2D eigenvalue weighted by atomic mass is 35.5. The molecule has 0 saturated heterocycles. The monoisotopic (exact) mass is 349 g/mol. The zero-order valence-corrected chi connectivity index (χ0v) is 14.8. The zero-order valence-electron chi connectivity index (χ0n) is 13.2. The quantitative estimate of drug-likeness (QED) is 0.631. The van der Waals surface area contributed by atoms with Crippen LogP contribution < -0.4 is 11.1 Å². The molecule has 3 N–H and O–H groups in total. The fraction of sp³-hybridized carbons (Fsp3) is 0.353. The summed E-state index contributed by atoms with van der Waals surface area (Å²) in [6.45, 7) is 4.82. The maximum atomic E-state index is 6.20. The summed E-state index contributed by atoms with van der Waals surface area (Å²) < 4.78 is 6.49. The van der Waals surface area contributed by atoms with Crippen LogP contribution in [0.2, 0.25) is 5.15 Å². The van der Waals surface area contributed by atoms with Crippen LogP contribution in [0.1, 0.15) is 29.5 Å². The summed E-state index contributed by atoms with van der Waals surface area (Å²) in [6.07, 6.45) is 3.51. The summed E-state index contributed by atoms with van der Waals surface area (Å²) >= 11 is 7.95. The maximum absolute atomic E-state index is 6.20. The molecule has 0 aliphatic rings. The molecule has 0 spiro atoms. The first-order chi connectivity index (χ1) is 11.1. The van der Waals surface area contributed by atoms with Crippen molar-refractivity contribution in [3.8, 4) is 0 Å². The lowest BCUT2D eigenvalue weighted by Gasteiger charge is -2.06. The van der Waals surface area contributed by atoms with Gasteiger partial charge in [-0.2, -0.15) is 0 Å². The third-order valence-corrected chi connectivity index (χ3v) is 5.48. The molecule has 1 atom stereocenters. The number of rotatable bonds is 6. The van der Waals surface area contributed by atoms with Gasteiger partial charge in [0, 0.05) is 17.0 Å². The summed E-state index contributed by atoms with van der Waals surface area (Å²) in [5.41, 5.74) is 9.24. The van der Waals surface area contributed by atoms with E-state index in [0.29, 0.717) is 11.7 Å². The minimum atomic E-state index is 0.178. The highest BCUT2D eigenvalue weighted by Gasteiger charge is 2.16. The highest BCUT2D eigenvalue weighted by Crippen LogP contribution is 2.37. The van der Waals surface area contributed by atoms with E-state index in [2.05, 4.69) is 24.1 Å². The zero-order chi connectivity index (χ0) is 16.4. The van der Waals surface area contributed by atoms with Gasteiger partial charge in [0.05, 0.1) is 28.7 Å². The average molecular weight is 350 g/mol. The molecular weight excluding hydrogens is 330 g/mol. The molecule has 3 heterocycles. The van der Waals surface area contributed by atoms with E-state index in [0.717, 1.165) is 34.5 Å². The molecule has 0 amide bonds. The number of nitrogens with zero attached hydrogens (tertiary/aromatic N) is 1. The number of thiophene rings is 1. The van der Waals surface area contributed by atoms with Crippen LogP contribution in [-0.4, -0.2) is 11.0 Å². The molecule has 122 valence electrons. The number of nitrogens with one attached hydrogen (secondary N) is 1. The molecule has 0 bridgehead atoms. The van der Waals surface area contributed by atoms with Crippen LogP contribution >= 0.6 is 22.9 Å². The Morgan fingerprint density at radius 1 is 1.48 bits per heavy atom. The first kappa shape index (κ1) is 16.3. The van der Waals surface area contributed by atoms with Gasteiger partial charge in [0.2, 0.25) is 0 Å². The number of halogens is 1. The van der Waals surface area contributed by atoms with Crippen molar-refractivity contribution in [1.29, 1.82) is 0 Å². The van der Waals surface area contributed by atoms with E-state index in [1.54, 1.807) is 17.6 Å². The van der Waals surface area contributed by atoms with Gasteiger partial charge >= 0.3 is 0 Å². The lowest BCUT2D eigenvalue weighted by atomic mass is 10.1. The van der Waals surface area contributed by atoms with Gasteiger partial charge in [-0.25, -0.2) is 4.98 Å². The molecule has 6 heteroatoms. The number of nitrogens with two attached hydrogens (primary N) is 1. The Hall–Kier alpha value is -1.56. The van der Waals surface area contributed by atoms with Crippen LogP contribution in [0.15, 0.2) is 28.9 Å². The molecular formula is C17H20ClN3OS. The molecule has 0 aromatic carbocycles. The van der Waals surface area contributed by atoms with Crippen molar-refractivity contribution in [2.45, 2.75) is 39.3 Å². The second-order valence-electron chi connectivity index (χ2n) is 5.63. The number of hydrogen-bond acceptors (Lipinski definition) is 5. The van der Waals surface area contributed by atoms with Crippen LogP contribution in [0.4, 0.5) is 5.69 Å². The van der Waals surface area contributed by atoms with Crippen molar-refractivity contribution in [1.82, 2.24) is 4.98 Å². The Bertz CT molecular complexity index is 798. The topological polar surface area (TPSA) is 64.1 Å². The molecule has 23 heavy (non-hydrogen) atoms. The van der Waals surface area contributed by atoms with Crippen molar-refractivity contribution in [3.63, 3.8) is 0 Å². The van der Waals surface area contributed by atoms with E-state index >= 15 is 0 Å². The van der Waals surface area contributed by atoms with Crippen molar-refractivity contribution < 1.29 is 4.42 Å². The third kappa shape index (κ3) is 3.52. The lowest BCUT2D eigenvalue weighted by molar-refractivity contribution is 0.518. The van der Waals surface area contributed by atoms with E-state index in [-0.39, 0.29) is 6.04 Å². The summed E-state index contributed by atoms with van der Waals surface area (Å²) in [7, 11) is 0. The lowest BCUT2D eigenvalue weighted by Crippen LogP contribution is -2.21. The van der Waals surface area contributed by atoms with Crippen LogP contribution in [0.25, 0.3) is 10.2 Å². The van der Waals surface area contributed by atoms with Crippen molar-refractivity contribution in [3.05, 3.63) is 45.8 Å². The number of furan rings is 1. The van der Waals surface area contributed by atoms with Gasteiger partial charge in [0.1, 0.15) is 10.9 Å². The Kier molecular flexibility index (Phi) is 4.90. The number of aromatic nitrogens is 1. The molecule has 1 unspecified atom stereocenters. The second kappa shape index (κ2) is 6.91. The molecule has 3 aromatic rings.